The Morgan fingerprint density at radius 2 is 1.50 bits per heavy atom. The molecule has 98 valence electrons. The molecule has 0 radical (unpaired) electrons. The largest absolute Gasteiger partial charge is 0.303 e. The molecule has 2 heteroatoms. The normalized spacial score (nSPS) is 13.3. The Bertz CT molecular complexity index is 131. The highest BCUT2D eigenvalue weighted by Gasteiger charge is 2.05. The lowest BCUT2D eigenvalue weighted by atomic mass is 10.2. The van der Waals surface area contributed by atoms with E-state index in [4.69, 9.17) is 0 Å². The molecule has 1 unspecified atom stereocenters. The topological polar surface area (TPSA) is 3.24 Å². The quantitative estimate of drug-likeness (QED) is 0.530. The van der Waals surface area contributed by atoms with Gasteiger partial charge in [0, 0.05) is 17.5 Å². The zero-order valence-corrected chi connectivity index (χ0v) is 12.6. The summed E-state index contributed by atoms with van der Waals surface area (Å²) in [5.74, 6) is 1.31. The van der Waals surface area contributed by atoms with Crippen molar-refractivity contribution in [2.45, 2.75) is 65.0 Å². The fourth-order valence-electron chi connectivity index (χ4n) is 1.60. The Kier molecular flexibility index (Phi) is 12.0. The van der Waals surface area contributed by atoms with Gasteiger partial charge in [-0.2, -0.15) is 11.8 Å². The second-order valence-corrected chi connectivity index (χ2v) is 6.18. The summed E-state index contributed by atoms with van der Waals surface area (Å²) in [6.45, 7) is 13.1. The molecule has 0 N–H and O–H groups in total. The fraction of sp³-hybridized carbons (Fsp3) is 1.00. The summed E-state index contributed by atoms with van der Waals surface area (Å²) in [5, 5.41) is 0.833. The van der Waals surface area contributed by atoms with Crippen LogP contribution in [0.1, 0.15) is 59.8 Å². The molecule has 0 aromatic carbocycles. The predicted octanol–water partition coefficient (Wildman–Crippen LogP) is 4.42. The van der Waals surface area contributed by atoms with Crippen molar-refractivity contribution in [3.05, 3.63) is 0 Å². The van der Waals surface area contributed by atoms with Crippen LogP contribution in [-0.4, -0.2) is 35.5 Å². The van der Waals surface area contributed by atoms with Gasteiger partial charge in [-0.1, -0.05) is 40.5 Å². The van der Waals surface area contributed by atoms with Crippen molar-refractivity contribution in [3.63, 3.8) is 0 Å². The molecule has 0 saturated carbocycles. The Labute approximate surface area is 107 Å². The molecule has 0 spiro atoms. The van der Waals surface area contributed by atoms with Gasteiger partial charge in [0.25, 0.3) is 0 Å². The van der Waals surface area contributed by atoms with Gasteiger partial charge in [0.1, 0.15) is 0 Å². The summed E-state index contributed by atoms with van der Waals surface area (Å²) >= 11 is 2.13. The van der Waals surface area contributed by atoms with Gasteiger partial charge in [-0.3, -0.25) is 0 Å². The van der Waals surface area contributed by atoms with E-state index >= 15 is 0 Å². The summed E-state index contributed by atoms with van der Waals surface area (Å²) < 4.78 is 0. The van der Waals surface area contributed by atoms with Crippen LogP contribution >= 0.6 is 11.8 Å². The van der Waals surface area contributed by atoms with Gasteiger partial charge in [0.15, 0.2) is 0 Å². The van der Waals surface area contributed by atoms with Crippen molar-refractivity contribution in [3.8, 4) is 0 Å². The molecule has 0 aromatic rings. The van der Waals surface area contributed by atoms with Crippen LogP contribution in [0.15, 0.2) is 0 Å². The first-order chi connectivity index (χ1) is 7.74. The molecule has 0 aliphatic rings. The van der Waals surface area contributed by atoms with Crippen LogP contribution < -0.4 is 0 Å². The molecule has 0 aliphatic carbocycles. The number of thioether (sulfide) groups is 1. The second kappa shape index (κ2) is 11.8. The zero-order valence-electron chi connectivity index (χ0n) is 11.8. The standard InChI is InChI=1S/C14H31NS/c1-5-8-10-15(11-9-6-2)12-13-16-14(4)7-3/h14H,5-13H2,1-4H3. The lowest BCUT2D eigenvalue weighted by Crippen LogP contribution is -2.28. The van der Waals surface area contributed by atoms with Gasteiger partial charge in [-0.25, -0.2) is 0 Å². The minimum atomic E-state index is 0.833. The van der Waals surface area contributed by atoms with Crippen molar-refractivity contribution in [1.29, 1.82) is 0 Å². The molecule has 0 heterocycles. The number of hydrogen-bond donors (Lipinski definition) is 0. The highest BCUT2D eigenvalue weighted by molar-refractivity contribution is 7.99. The highest BCUT2D eigenvalue weighted by Crippen LogP contribution is 2.13. The predicted molar refractivity (Wildman–Crippen MR) is 78.5 cm³/mol. The third-order valence-electron chi connectivity index (χ3n) is 3.04. The molecule has 0 rings (SSSR count). The summed E-state index contributed by atoms with van der Waals surface area (Å²) in [6.07, 6.45) is 6.66. The maximum atomic E-state index is 2.66. The van der Waals surface area contributed by atoms with Crippen molar-refractivity contribution >= 4 is 11.8 Å². The highest BCUT2D eigenvalue weighted by atomic mass is 32.2. The van der Waals surface area contributed by atoms with E-state index in [-0.39, 0.29) is 0 Å². The molecular formula is C14H31NS. The van der Waals surface area contributed by atoms with Gasteiger partial charge in [0.05, 0.1) is 0 Å². The zero-order chi connectivity index (χ0) is 12.2. The van der Waals surface area contributed by atoms with Crippen LogP contribution in [-0.2, 0) is 0 Å². The van der Waals surface area contributed by atoms with Crippen molar-refractivity contribution in [1.82, 2.24) is 4.90 Å². The molecule has 0 fully saturated rings. The minimum Gasteiger partial charge on any atom is -0.303 e. The van der Waals surface area contributed by atoms with E-state index in [1.54, 1.807) is 0 Å². The molecule has 0 aromatic heterocycles. The SMILES string of the molecule is CCCCN(CCCC)CCSC(C)CC. The fourth-order valence-corrected chi connectivity index (χ4v) is 2.60. The van der Waals surface area contributed by atoms with Gasteiger partial charge < -0.3 is 4.90 Å². The Morgan fingerprint density at radius 3 is 1.94 bits per heavy atom. The van der Waals surface area contributed by atoms with Crippen molar-refractivity contribution < 1.29 is 0 Å². The summed E-state index contributed by atoms with van der Waals surface area (Å²) in [4.78, 5) is 2.66. The smallest absolute Gasteiger partial charge is 0.00724 e. The van der Waals surface area contributed by atoms with E-state index in [9.17, 15) is 0 Å². The number of nitrogens with zero attached hydrogens (tertiary/aromatic N) is 1. The van der Waals surface area contributed by atoms with Gasteiger partial charge in [-0.15, -0.1) is 0 Å². The average molecular weight is 245 g/mol. The molecule has 1 atom stereocenters. The Balaban J connectivity index is 3.63. The van der Waals surface area contributed by atoms with Gasteiger partial charge >= 0.3 is 0 Å². The molecule has 0 aliphatic heterocycles. The molecule has 0 saturated heterocycles. The second-order valence-electron chi connectivity index (χ2n) is 4.64. The number of unbranched alkanes of at least 4 members (excludes halogenated alkanes) is 2. The number of hydrogen-bond acceptors (Lipinski definition) is 2. The first-order valence-electron chi connectivity index (χ1n) is 7.08. The third kappa shape index (κ3) is 9.53. The minimum absolute atomic E-state index is 0.833. The molecular weight excluding hydrogens is 214 g/mol. The lowest BCUT2D eigenvalue weighted by molar-refractivity contribution is 0.281. The monoisotopic (exact) mass is 245 g/mol. The average Bonchev–Trinajstić information content (AvgIpc) is 2.31. The van der Waals surface area contributed by atoms with E-state index in [2.05, 4.69) is 44.4 Å². The van der Waals surface area contributed by atoms with Crippen LogP contribution in [0.4, 0.5) is 0 Å². The third-order valence-corrected chi connectivity index (χ3v) is 4.36. The summed E-state index contributed by atoms with van der Waals surface area (Å²) in [7, 11) is 0. The maximum Gasteiger partial charge on any atom is 0.00724 e. The van der Waals surface area contributed by atoms with Crippen LogP contribution in [0.25, 0.3) is 0 Å². The van der Waals surface area contributed by atoms with E-state index < -0.39 is 0 Å². The van der Waals surface area contributed by atoms with Crippen molar-refractivity contribution in [2.24, 2.45) is 0 Å². The van der Waals surface area contributed by atoms with E-state index in [1.165, 1.54) is 57.5 Å². The maximum absolute atomic E-state index is 2.66. The summed E-state index contributed by atoms with van der Waals surface area (Å²) in [5.41, 5.74) is 0. The van der Waals surface area contributed by atoms with E-state index in [1.807, 2.05) is 0 Å². The Morgan fingerprint density at radius 1 is 0.938 bits per heavy atom. The van der Waals surface area contributed by atoms with Crippen LogP contribution in [0, 0.1) is 0 Å². The first kappa shape index (κ1) is 16.3. The first-order valence-corrected chi connectivity index (χ1v) is 8.13. The van der Waals surface area contributed by atoms with Crippen LogP contribution in [0.2, 0.25) is 0 Å². The van der Waals surface area contributed by atoms with Crippen molar-refractivity contribution in [2.75, 3.05) is 25.4 Å². The van der Waals surface area contributed by atoms with Crippen LogP contribution in [0.5, 0.6) is 0 Å². The Hall–Kier alpha value is 0.310. The van der Waals surface area contributed by atoms with Gasteiger partial charge in [-0.05, 0) is 32.4 Å². The number of rotatable bonds is 11. The molecule has 1 nitrogen and oxygen atoms in total. The molecule has 16 heavy (non-hydrogen) atoms. The molecule has 0 amide bonds. The van der Waals surface area contributed by atoms with Crippen LogP contribution in [0.3, 0.4) is 0 Å². The van der Waals surface area contributed by atoms with E-state index in [0.29, 0.717) is 0 Å². The molecule has 0 bridgehead atoms. The van der Waals surface area contributed by atoms with E-state index in [0.717, 1.165) is 5.25 Å². The summed E-state index contributed by atoms with van der Waals surface area (Å²) in [6, 6.07) is 0. The van der Waals surface area contributed by atoms with Gasteiger partial charge in [0.2, 0.25) is 0 Å². The lowest BCUT2D eigenvalue weighted by Gasteiger charge is -2.22.